The highest BCUT2D eigenvalue weighted by atomic mass is 16.3. The Morgan fingerprint density at radius 3 is 2.95 bits per heavy atom. The van der Waals surface area contributed by atoms with Gasteiger partial charge in [0.25, 0.3) is 0 Å². The highest BCUT2D eigenvalue weighted by molar-refractivity contribution is 5.40. The van der Waals surface area contributed by atoms with E-state index in [1.165, 1.54) is 12.8 Å². The maximum absolute atomic E-state index is 10.2. The Kier molecular flexibility index (Phi) is 5.15. The van der Waals surface area contributed by atoms with Crippen LogP contribution in [0.5, 0.6) is 5.75 Å². The molecule has 0 unspecified atom stereocenters. The van der Waals surface area contributed by atoms with Crippen LogP contribution in [0.4, 0.5) is 0 Å². The van der Waals surface area contributed by atoms with Crippen LogP contribution in [0.1, 0.15) is 43.0 Å². The normalized spacial score (nSPS) is 18.9. The van der Waals surface area contributed by atoms with E-state index in [0.29, 0.717) is 23.8 Å². The van der Waals surface area contributed by atoms with Crippen LogP contribution in [0.2, 0.25) is 0 Å². The number of rotatable bonds is 6. The van der Waals surface area contributed by atoms with Gasteiger partial charge in [-0.1, -0.05) is 31.9 Å². The highest BCUT2D eigenvalue weighted by Crippen LogP contribution is 2.28. The zero-order valence-electron chi connectivity index (χ0n) is 12.3. The molecule has 2 heterocycles. The zero-order valence-corrected chi connectivity index (χ0v) is 12.3. The summed E-state index contributed by atoms with van der Waals surface area (Å²) in [6.45, 7) is 5.46. The second kappa shape index (κ2) is 6.86. The van der Waals surface area contributed by atoms with Gasteiger partial charge in [0.15, 0.2) is 0 Å². The van der Waals surface area contributed by atoms with Gasteiger partial charge in [0, 0.05) is 36.5 Å². The maximum atomic E-state index is 10.2. The van der Waals surface area contributed by atoms with Crippen LogP contribution in [0.25, 0.3) is 0 Å². The fourth-order valence-electron chi connectivity index (χ4n) is 2.68. The molecular formula is C16H24N2O2. The molecule has 110 valence electrons. The second-order valence-electron chi connectivity index (χ2n) is 5.42. The molecule has 0 aromatic carbocycles. The highest BCUT2D eigenvalue weighted by Gasteiger charge is 2.22. The summed E-state index contributed by atoms with van der Waals surface area (Å²) >= 11 is 0. The molecule has 2 N–H and O–H groups in total. The van der Waals surface area contributed by atoms with Crippen LogP contribution >= 0.6 is 0 Å². The number of aromatic hydroxyl groups is 1. The summed E-state index contributed by atoms with van der Waals surface area (Å²) in [6.07, 6.45) is 9.64. The minimum atomic E-state index is -0.0862. The lowest BCUT2D eigenvalue weighted by atomic mass is 10.1. The van der Waals surface area contributed by atoms with Crippen molar-refractivity contribution in [3.05, 3.63) is 35.2 Å². The molecule has 0 saturated carbocycles. The Labute approximate surface area is 120 Å². The molecule has 0 radical (unpaired) electrons. The molecule has 4 nitrogen and oxygen atoms in total. The molecule has 2 rings (SSSR count). The largest absolute Gasteiger partial charge is 0.506 e. The van der Waals surface area contributed by atoms with Gasteiger partial charge < -0.3 is 10.2 Å². The molecular weight excluding hydrogens is 252 g/mol. The van der Waals surface area contributed by atoms with Gasteiger partial charge in [0.1, 0.15) is 5.75 Å². The molecule has 0 amide bonds. The number of nitrogens with zero attached hydrogens (tertiary/aromatic N) is 2. The van der Waals surface area contributed by atoms with Gasteiger partial charge in [-0.05, 0) is 13.3 Å². The van der Waals surface area contributed by atoms with E-state index in [1.807, 2.05) is 0 Å². The van der Waals surface area contributed by atoms with Crippen LogP contribution in [-0.4, -0.2) is 32.7 Å². The van der Waals surface area contributed by atoms with Crippen molar-refractivity contribution in [3.8, 4) is 5.75 Å². The molecule has 20 heavy (non-hydrogen) atoms. The third kappa shape index (κ3) is 3.19. The molecule has 0 saturated heterocycles. The van der Waals surface area contributed by atoms with Crippen molar-refractivity contribution in [2.75, 3.05) is 6.54 Å². The fourth-order valence-corrected chi connectivity index (χ4v) is 2.68. The van der Waals surface area contributed by atoms with Gasteiger partial charge in [-0.2, -0.15) is 0 Å². The maximum Gasteiger partial charge on any atom is 0.141 e. The molecule has 1 aromatic rings. The van der Waals surface area contributed by atoms with Crippen LogP contribution < -0.4 is 0 Å². The van der Waals surface area contributed by atoms with E-state index in [2.05, 4.69) is 29.0 Å². The minimum absolute atomic E-state index is 0.0862. The molecule has 0 fully saturated rings. The third-order valence-corrected chi connectivity index (χ3v) is 3.98. The molecule has 1 aromatic heterocycles. The van der Waals surface area contributed by atoms with E-state index in [-0.39, 0.29) is 12.4 Å². The van der Waals surface area contributed by atoms with Gasteiger partial charge in [-0.15, -0.1) is 0 Å². The first-order valence-corrected chi connectivity index (χ1v) is 7.35. The summed E-state index contributed by atoms with van der Waals surface area (Å²) in [4.78, 5) is 6.45. The van der Waals surface area contributed by atoms with E-state index < -0.39 is 0 Å². The van der Waals surface area contributed by atoms with E-state index in [4.69, 9.17) is 0 Å². The third-order valence-electron chi connectivity index (χ3n) is 3.98. The monoisotopic (exact) mass is 276 g/mol. The van der Waals surface area contributed by atoms with E-state index in [9.17, 15) is 10.2 Å². The second-order valence-corrected chi connectivity index (χ2v) is 5.42. The molecule has 1 aliphatic heterocycles. The summed E-state index contributed by atoms with van der Waals surface area (Å²) in [6, 6.07) is 0.439. The predicted octanol–water partition coefficient (Wildman–Crippen LogP) is 2.52. The molecule has 1 aliphatic rings. The van der Waals surface area contributed by atoms with Crippen LogP contribution in [0.15, 0.2) is 18.3 Å². The average molecular weight is 276 g/mol. The Balaban J connectivity index is 2.15. The van der Waals surface area contributed by atoms with Crippen LogP contribution in [0.3, 0.4) is 0 Å². The Morgan fingerprint density at radius 1 is 1.45 bits per heavy atom. The number of aliphatic hydroxyl groups excluding tert-OH is 1. The molecule has 0 bridgehead atoms. The molecule has 4 heteroatoms. The van der Waals surface area contributed by atoms with Crippen molar-refractivity contribution in [2.45, 2.75) is 52.3 Å². The number of aryl methyl sites for hydroxylation is 1. The Bertz CT molecular complexity index is 486. The number of hydrogen-bond acceptors (Lipinski definition) is 4. The number of pyridine rings is 1. The smallest absolute Gasteiger partial charge is 0.141 e. The van der Waals surface area contributed by atoms with Crippen molar-refractivity contribution in [3.63, 3.8) is 0 Å². The Hall–Kier alpha value is -1.39. The fraction of sp³-hybridized carbons (Fsp3) is 0.562. The van der Waals surface area contributed by atoms with Gasteiger partial charge >= 0.3 is 0 Å². The molecule has 1 atom stereocenters. The topological polar surface area (TPSA) is 56.6 Å². The first-order chi connectivity index (χ1) is 9.67. The van der Waals surface area contributed by atoms with Crippen molar-refractivity contribution >= 4 is 0 Å². The Morgan fingerprint density at radius 2 is 2.25 bits per heavy atom. The molecule has 0 spiro atoms. The lowest BCUT2D eigenvalue weighted by molar-refractivity contribution is 0.238. The summed E-state index contributed by atoms with van der Waals surface area (Å²) in [5.74, 6) is 0.220. The van der Waals surface area contributed by atoms with Crippen molar-refractivity contribution in [1.82, 2.24) is 9.88 Å². The number of hydrogen-bond donors (Lipinski definition) is 2. The first-order valence-electron chi connectivity index (χ1n) is 7.35. The summed E-state index contributed by atoms with van der Waals surface area (Å²) < 4.78 is 0. The predicted molar refractivity (Wildman–Crippen MR) is 79.4 cm³/mol. The summed E-state index contributed by atoms with van der Waals surface area (Å²) in [5.41, 5.74) is 2.15. The first kappa shape index (κ1) is 15.0. The van der Waals surface area contributed by atoms with Gasteiger partial charge in [-0.3, -0.25) is 9.88 Å². The van der Waals surface area contributed by atoms with Crippen LogP contribution in [0, 0.1) is 6.92 Å². The van der Waals surface area contributed by atoms with Crippen LogP contribution in [-0.2, 0) is 13.2 Å². The van der Waals surface area contributed by atoms with E-state index in [1.54, 1.807) is 13.1 Å². The quantitative estimate of drug-likeness (QED) is 0.784. The number of aliphatic hydroxyl groups is 1. The van der Waals surface area contributed by atoms with Gasteiger partial charge in [0.2, 0.25) is 0 Å². The summed E-state index contributed by atoms with van der Waals surface area (Å²) in [5, 5.41) is 19.6. The lowest BCUT2D eigenvalue weighted by Crippen LogP contribution is -2.30. The van der Waals surface area contributed by atoms with E-state index in [0.717, 1.165) is 18.5 Å². The lowest BCUT2D eigenvalue weighted by Gasteiger charge is -2.25. The zero-order chi connectivity index (χ0) is 14.5. The minimum Gasteiger partial charge on any atom is -0.506 e. The van der Waals surface area contributed by atoms with Crippen molar-refractivity contribution < 1.29 is 10.2 Å². The number of aromatic nitrogens is 1. The molecule has 0 aliphatic carbocycles. The van der Waals surface area contributed by atoms with Gasteiger partial charge in [0.05, 0.1) is 12.3 Å². The van der Waals surface area contributed by atoms with Crippen molar-refractivity contribution in [1.29, 1.82) is 0 Å². The van der Waals surface area contributed by atoms with E-state index >= 15 is 0 Å². The summed E-state index contributed by atoms with van der Waals surface area (Å²) in [7, 11) is 0. The number of unbranched alkanes of at least 4 members (excludes halogenated alkanes) is 1. The standard InChI is InChI=1S/C16H24N2O2/c1-3-4-6-14-7-5-8-18(14)10-15-13(11-19)9-17-12(2)16(15)20/h5,7,9,14,19-20H,3-4,6,8,10-11H2,1-2H3/t14-/m0/s1. The average Bonchev–Trinajstić information content (AvgIpc) is 2.89. The SMILES string of the molecule is CCCC[C@H]1C=CCN1Cc1c(CO)cnc(C)c1O. The van der Waals surface area contributed by atoms with Crippen molar-refractivity contribution in [2.24, 2.45) is 0 Å². The van der Waals surface area contributed by atoms with Gasteiger partial charge in [-0.25, -0.2) is 0 Å².